The molecule has 0 bridgehead atoms. The van der Waals surface area contributed by atoms with Gasteiger partial charge >= 0.3 is 6.03 Å². The number of urea groups is 1. The van der Waals surface area contributed by atoms with Crippen LogP contribution in [0.4, 0.5) is 25.0 Å². The third-order valence-electron chi connectivity index (χ3n) is 4.69. The van der Waals surface area contributed by atoms with E-state index in [1.807, 2.05) is 7.05 Å². The van der Waals surface area contributed by atoms with E-state index in [4.69, 9.17) is 0 Å². The number of nitrogens with zero attached hydrogens (tertiary/aromatic N) is 1. The van der Waals surface area contributed by atoms with Crippen molar-refractivity contribution in [3.8, 4) is 0 Å². The molecule has 0 aromatic heterocycles. The average Bonchev–Trinajstić information content (AvgIpc) is 2.66. The molecule has 0 unspecified atom stereocenters. The van der Waals surface area contributed by atoms with Crippen LogP contribution in [0.2, 0.25) is 0 Å². The summed E-state index contributed by atoms with van der Waals surface area (Å²) in [7, 11) is 2.03. The summed E-state index contributed by atoms with van der Waals surface area (Å²) < 4.78 is 26.9. The van der Waals surface area contributed by atoms with Crippen molar-refractivity contribution in [3.63, 3.8) is 0 Å². The van der Waals surface area contributed by atoms with Crippen LogP contribution in [0, 0.1) is 17.6 Å². The second-order valence-electron chi connectivity index (χ2n) is 6.70. The van der Waals surface area contributed by atoms with Gasteiger partial charge in [0.05, 0.1) is 5.69 Å². The number of likely N-dealkylation sites (tertiary alicyclic amines) is 1. The first-order valence-corrected chi connectivity index (χ1v) is 8.79. The van der Waals surface area contributed by atoms with Crippen molar-refractivity contribution in [1.82, 2.24) is 4.90 Å². The van der Waals surface area contributed by atoms with Gasteiger partial charge in [0, 0.05) is 17.2 Å². The Morgan fingerprint density at radius 3 is 2.48 bits per heavy atom. The van der Waals surface area contributed by atoms with E-state index in [9.17, 15) is 18.4 Å². The first-order chi connectivity index (χ1) is 12.9. The number of carbonyl (C=O) groups is 2. The Kier molecular flexibility index (Phi) is 5.81. The minimum absolute atomic E-state index is 0.0216. The maximum absolute atomic E-state index is 13.6. The zero-order chi connectivity index (χ0) is 19.4. The molecule has 0 saturated carbocycles. The molecule has 1 fully saturated rings. The van der Waals surface area contributed by atoms with Crippen molar-refractivity contribution in [3.05, 3.63) is 59.7 Å². The van der Waals surface area contributed by atoms with Gasteiger partial charge in [-0.15, -0.1) is 0 Å². The number of nitrogens with one attached hydrogen (secondary N) is 2. The molecule has 0 atom stereocenters. The number of hydrogen-bond donors (Lipinski definition) is 2. The van der Waals surface area contributed by atoms with Crippen molar-refractivity contribution in [1.29, 1.82) is 0 Å². The summed E-state index contributed by atoms with van der Waals surface area (Å²) in [6.45, 7) is 1.77. The molecule has 5 nitrogen and oxygen atoms in total. The van der Waals surface area contributed by atoms with Crippen LogP contribution in [0.15, 0.2) is 42.5 Å². The van der Waals surface area contributed by atoms with E-state index in [2.05, 4.69) is 15.5 Å². The lowest BCUT2D eigenvalue weighted by molar-refractivity contribution is 0.0857. The number of anilines is 2. The van der Waals surface area contributed by atoms with Crippen molar-refractivity contribution in [2.75, 3.05) is 30.8 Å². The van der Waals surface area contributed by atoms with E-state index < -0.39 is 17.7 Å². The van der Waals surface area contributed by atoms with E-state index in [1.165, 1.54) is 12.1 Å². The summed E-state index contributed by atoms with van der Waals surface area (Å²) in [6.07, 6.45) is 1.62. The SMILES string of the molecule is CN1CCC(C(=O)c2cccc(NC(=O)Nc3cccc(F)c3F)c2)CC1. The Labute approximate surface area is 156 Å². The van der Waals surface area contributed by atoms with Gasteiger partial charge in [0.1, 0.15) is 0 Å². The maximum atomic E-state index is 13.6. The fourth-order valence-corrected chi connectivity index (χ4v) is 3.14. The van der Waals surface area contributed by atoms with Gasteiger partial charge in [-0.25, -0.2) is 13.6 Å². The van der Waals surface area contributed by atoms with E-state index in [-0.39, 0.29) is 17.4 Å². The van der Waals surface area contributed by atoms with Gasteiger partial charge in [-0.2, -0.15) is 0 Å². The molecule has 1 aliphatic rings. The van der Waals surface area contributed by atoms with Crippen LogP contribution in [-0.2, 0) is 0 Å². The van der Waals surface area contributed by atoms with Crippen molar-refractivity contribution >= 4 is 23.2 Å². The topological polar surface area (TPSA) is 61.4 Å². The molecule has 0 radical (unpaired) electrons. The number of carbonyl (C=O) groups excluding carboxylic acids is 2. The standard InChI is InChI=1S/C20H21F2N3O2/c1-25-10-8-13(9-11-25)19(26)14-4-2-5-15(12-14)23-20(27)24-17-7-3-6-16(21)18(17)22/h2-7,12-13H,8-11H2,1H3,(H2,23,24,27). The molecular formula is C20H21F2N3O2. The van der Waals surface area contributed by atoms with Crippen LogP contribution >= 0.6 is 0 Å². The molecule has 2 N–H and O–H groups in total. The molecule has 0 spiro atoms. The largest absolute Gasteiger partial charge is 0.323 e. The molecule has 2 aromatic rings. The maximum Gasteiger partial charge on any atom is 0.323 e. The minimum atomic E-state index is -1.13. The van der Waals surface area contributed by atoms with Crippen molar-refractivity contribution in [2.45, 2.75) is 12.8 Å². The lowest BCUT2D eigenvalue weighted by Crippen LogP contribution is -2.33. The Morgan fingerprint density at radius 1 is 1.04 bits per heavy atom. The van der Waals surface area contributed by atoms with Gasteiger partial charge in [0.2, 0.25) is 0 Å². The van der Waals surface area contributed by atoms with E-state index in [0.29, 0.717) is 11.3 Å². The highest BCUT2D eigenvalue weighted by Gasteiger charge is 2.24. The molecule has 2 aromatic carbocycles. The number of halogens is 2. The predicted molar refractivity (Wildman–Crippen MR) is 100.0 cm³/mol. The van der Waals surface area contributed by atoms with Crippen molar-refractivity contribution in [2.24, 2.45) is 5.92 Å². The van der Waals surface area contributed by atoms with E-state index in [1.54, 1.807) is 24.3 Å². The Morgan fingerprint density at radius 2 is 1.74 bits per heavy atom. The third-order valence-corrected chi connectivity index (χ3v) is 4.69. The normalized spacial score (nSPS) is 15.4. The van der Waals surface area contributed by atoms with Gasteiger partial charge < -0.3 is 15.5 Å². The predicted octanol–water partition coefficient (Wildman–Crippen LogP) is 4.13. The van der Waals surface area contributed by atoms with Crippen LogP contribution in [0.5, 0.6) is 0 Å². The van der Waals surface area contributed by atoms with Gasteiger partial charge in [0.25, 0.3) is 0 Å². The molecule has 1 saturated heterocycles. The monoisotopic (exact) mass is 373 g/mol. The number of amides is 2. The highest BCUT2D eigenvalue weighted by Crippen LogP contribution is 2.23. The lowest BCUT2D eigenvalue weighted by atomic mass is 9.89. The molecule has 1 aliphatic heterocycles. The van der Waals surface area contributed by atoms with Gasteiger partial charge in [-0.1, -0.05) is 18.2 Å². The lowest BCUT2D eigenvalue weighted by Gasteiger charge is -2.28. The van der Waals surface area contributed by atoms with Crippen LogP contribution in [-0.4, -0.2) is 36.9 Å². The average molecular weight is 373 g/mol. The molecule has 1 heterocycles. The Hall–Kier alpha value is -2.80. The highest BCUT2D eigenvalue weighted by molar-refractivity contribution is 6.02. The molecular weight excluding hydrogens is 352 g/mol. The second kappa shape index (κ2) is 8.26. The molecule has 0 aliphatic carbocycles. The molecule has 2 amide bonds. The summed E-state index contributed by atoms with van der Waals surface area (Å²) in [6, 6.07) is 9.44. The zero-order valence-corrected chi connectivity index (χ0v) is 15.0. The van der Waals surface area contributed by atoms with Gasteiger partial charge in [0.15, 0.2) is 17.4 Å². The number of piperidine rings is 1. The smallest absolute Gasteiger partial charge is 0.308 e. The Bertz CT molecular complexity index is 849. The number of Topliss-reactive ketones (excluding diaryl/α,β-unsaturated/α-hetero) is 1. The van der Waals surface area contributed by atoms with Crippen LogP contribution in [0.25, 0.3) is 0 Å². The van der Waals surface area contributed by atoms with Crippen LogP contribution < -0.4 is 10.6 Å². The molecule has 3 rings (SSSR count). The third kappa shape index (κ3) is 4.68. The van der Waals surface area contributed by atoms with E-state index in [0.717, 1.165) is 32.0 Å². The van der Waals surface area contributed by atoms with Gasteiger partial charge in [-0.3, -0.25) is 4.79 Å². The highest BCUT2D eigenvalue weighted by atomic mass is 19.2. The van der Waals surface area contributed by atoms with E-state index >= 15 is 0 Å². The van der Waals surface area contributed by atoms with Crippen LogP contribution in [0.3, 0.4) is 0 Å². The minimum Gasteiger partial charge on any atom is -0.308 e. The number of rotatable bonds is 4. The summed E-state index contributed by atoms with van der Waals surface area (Å²) in [5.74, 6) is -2.13. The fourth-order valence-electron chi connectivity index (χ4n) is 3.14. The van der Waals surface area contributed by atoms with Crippen LogP contribution in [0.1, 0.15) is 23.2 Å². The molecule has 142 valence electrons. The number of hydrogen-bond acceptors (Lipinski definition) is 3. The first-order valence-electron chi connectivity index (χ1n) is 8.79. The van der Waals surface area contributed by atoms with Gasteiger partial charge in [-0.05, 0) is 57.2 Å². The molecule has 27 heavy (non-hydrogen) atoms. The summed E-state index contributed by atoms with van der Waals surface area (Å²) in [5, 5.41) is 4.80. The quantitative estimate of drug-likeness (QED) is 0.792. The summed E-state index contributed by atoms with van der Waals surface area (Å²) >= 11 is 0. The second-order valence-corrected chi connectivity index (χ2v) is 6.70. The summed E-state index contributed by atoms with van der Waals surface area (Å²) in [4.78, 5) is 26.9. The molecule has 7 heteroatoms. The summed E-state index contributed by atoms with van der Waals surface area (Å²) in [5.41, 5.74) is 0.674. The zero-order valence-electron chi connectivity index (χ0n) is 15.0. The first kappa shape index (κ1) is 19.0. The van der Waals surface area contributed by atoms with Crippen molar-refractivity contribution < 1.29 is 18.4 Å². The number of ketones is 1. The fraction of sp³-hybridized carbons (Fsp3) is 0.300. The Balaban J connectivity index is 1.65. The number of benzene rings is 2.